The predicted octanol–water partition coefficient (Wildman–Crippen LogP) is 5.22. The molecule has 6 rings (SSSR count). The predicted molar refractivity (Wildman–Crippen MR) is 158 cm³/mol. The van der Waals surface area contributed by atoms with Gasteiger partial charge in [0.25, 0.3) is 0 Å². The van der Waals surface area contributed by atoms with Gasteiger partial charge < -0.3 is 15.5 Å². The van der Waals surface area contributed by atoms with Crippen LogP contribution in [-0.4, -0.2) is 43.9 Å². The summed E-state index contributed by atoms with van der Waals surface area (Å²) in [5.74, 6) is 0.401. The van der Waals surface area contributed by atoms with Crippen molar-refractivity contribution < 1.29 is 9.59 Å². The average molecular weight is 549 g/mol. The molecule has 0 saturated heterocycles. The van der Waals surface area contributed by atoms with Gasteiger partial charge >= 0.3 is 6.03 Å². The maximum absolute atomic E-state index is 13.1. The van der Waals surface area contributed by atoms with Gasteiger partial charge in [-0.05, 0) is 85.0 Å². The summed E-state index contributed by atoms with van der Waals surface area (Å²) in [5.41, 5.74) is 7.44. The number of carbonyl (C=O) groups excluding carboxylic acids is 2. The monoisotopic (exact) mass is 548 g/mol. The van der Waals surface area contributed by atoms with E-state index in [1.54, 1.807) is 10.9 Å². The molecule has 2 N–H and O–H groups in total. The quantitative estimate of drug-likeness (QED) is 0.346. The largest absolute Gasteiger partial charge is 0.352 e. The van der Waals surface area contributed by atoms with Crippen LogP contribution >= 0.6 is 0 Å². The normalized spacial score (nSPS) is 18.0. The molecule has 3 aromatic carbocycles. The van der Waals surface area contributed by atoms with Crippen molar-refractivity contribution in [2.75, 3.05) is 6.54 Å². The van der Waals surface area contributed by atoms with Crippen molar-refractivity contribution >= 4 is 11.9 Å². The molecule has 2 atom stereocenters. The van der Waals surface area contributed by atoms with Crippen molar-refractivity contribution in [1.29, 1.82) is 0 Å². The Kier molecular flexibility index (Phi) is 7.07. The number of rotatable bonds is 6. The molecule has 8 heteroatoms. The second-order valence-electron chi connectivity index (χ2n) is 12.1. The number of carbonyl (C=O) groups is 2. The van der Waals surface area contributed by atoms with Gasteiger partial charge in [-0.1, -0.05) is 59.8 Å². The van der Waals surface area contributed by atoms with E-state index in [0.717, 1.165) is 40.8 Å². The number of hydrogen-bond donors (Lipinski definition) is 2. The van der Waals surface area contributed by atoms with Crippen LogP contribution in [0.2, 0.25) is 0 Å². The number of urea groups is 1. The molecule has 41 heavy (non-hydrogen) atoms. The number of benzene rings is 3. The number of amides is 3. The number of nitrogens with one attached hydrogen (secondary N) is 2. The third-order valence-corrected chi connectivity index (χ3v) is 7.93. The molecule has 2 heterocycles. The van der Waals surface area contributed by atoms with Crippen molar-refractivity contribution in [3.05, 3.63) is 101 Å². The van der Waals surface area contributed by atoms with Crippen molar-refractivity contribution in [2.45, 2.75) is 58.2 Å². The summed E-state index contributed by atoms with van der Waals surface area (Å²) >= 11 is 0. The van der Waals surface area contributed by atoms with Crippen LogP contribution in [0, 0.1) is 5.92 Å². The van der Waals surface area contributed by atoms with E-state index in [4.69, 9.17) is 0 Å². The van der Waals surface area contributed by atoms with Crippen LogP contribution in [0.25, 0.3) is 16.8 Å². The highest BCUT2D eigenvalue weighted by Crippen LogP contribution is 2.47. The molecule has 1 unspecified atom stereocenters. The van der Waals surface area contributed by atoms with Crippen LogP contribution in [0.5, 0.6) is 0 Å². The molecule has 1 aliphatic carbocycles. The lowest BCUT2D eigenvalue weighted by molar-refractivity contribution is -0.122. The number of hydrogen-bond acceptors (Lipinski definition) is 4. The minimum Gasteiger partial charge on any atom is -0.352 e. The average Bonchev–Trinajstić information content (AvgIpc) is 3.59. The van der Waals surface area contributed by atoms with Crippen molar-refractivity contribution in [2.24, 2.45) is 5.92 Å². The topological polar surface area (TPSA) is 92.2 Å². The zero-order valence-corrected chi connectivity index (χ0v) is 23.8. The van der Waals surface area contributed by atoms with Crippen molar-refractivity contribution in [1.82, 2.24) is 30.5 Å². The lowest BCUT2D eigenvalue weighted by atomic mass is 9.87. The van der Waals surface area contributed by atoms with Gasteiger partial charge in [0.2, 0.25) is 5.91 Å². The second kappa shape index (κ2) is 10.8. The van der Waals surface area contributed by atoms with E-state index in [1.165, 1.54) is 11.1 Å². The fourth-order valence-electron chi connectivity index (χ4n) is 5.78. The third-order valence-electron chi connectivity index (χ3n) is 7.93. The molecule has 4 aromatic rings. The van der Waals surface area contributed by atoms with E-state index < -0.39 is 0 Å². The maximum atomic E-state index is 13.1. The van der Waals surface area contributed by atoms with Crippen molar-refractivity contribution in [3.63, 3.8) is 0 Å². The van der Waals surface area contributed by atoms with E-state index >= 15 is 0 Å². The zero-order valence-electron chi connectivity index (χ0n) is 23.8. The molecule has 2 aliphatic rings. The van der Waals surface area contributed by atoms with E-state index in [1.807, 2.05) is 62.2 Å². The van der Waals surface area contributed by atoms with Crippen LogP contribution in [0.4, 0.5) is 4.79 Å². The molecular formula is C33H36N6O2. The molecule has 1 aromatic heterocycles. The highest BCUT2D eigenvalue weighted by molar-refractivity contribution is 5.83. The van der Waals surface area contributed by atoms with Gasteiger partial charge in [-0.2, -0.15) is 0 Å². The molecular weight excluding hydrogens is 512 g/mol. The highest BCUT2D eigenvalue weighted by Gasteiger charge is 2.43. The summed E-state index contributed by atoms with van der Waals surface area (Å²) in [6.45, 7) is 7.53. The van der Waals surface area contributed by atoms with E-state index in [-0.39, 0.29) is 23.4 Å². The van der Waals surface area contributed by atoms with E-state index in [0.29, 0.717) is 25.6 Å². The minimum absolute atomic E-state index is 0.0149. The van der Waals surface area contributed by atoms with Gasteiger partial charge in [0.15, 0.2) is 0 Å². The molecule has 0 bridgehead atoms. The molecule has 1 fully saturated rings. The van der Waals surface area contributed by atoms with Gasteiger partial charge in [0.1, 0.15) is 0 Å². The Morgan fingerprint density at radius 3 is 2.59 bits per heavy atom. The Hall–Kier alpha value is -4.46. The van der Waals surface area contributed by atoms with Crippen LogP contribution in [0.15, 0.2) is 79.1 Å². The smallest absolute Gasteiger partial charge is 0.318 e. The summed E-state index contributed by atoms with van der Waals surface area (Å²) in [7, 11) is 0. The number of aromatic nitrogens is 3. The first-order valence-electron chi connectivity index (χ1n) is 14.3. The van der Waals surface area contributed by atoms with Gasteiger partial charge in [-0.3, -0.25) is 4.79 Å². The summed E-state index contributed by atoms with van der Waals surface area (Å²) in [6, 6.07) is 22.7. The standard InChI is InChI=1S/C33H36N6O2/c1-33(2,3)36-32(41)38-16-14-27-26(23-10-7-11-25(18-23)39-17-15-35-37-39)13-12-24(30(27)21-38)20-34-31(40)29-19-28(29)22-8-5-4-6-9-22/h4-13,15,17-18,28-29H,14,16,19-21H2,1-3H3,(H,34,40)(H,36,41)/t28-,29?/m0/s1. The zero-order chi connectivity index (χ0) is 28.6. The Balaban J connectivity index is 1.27. The first-order valence-corrected chi connectivity index (χ1v) is 14.3. The Morgan fingerprint density at radius 1 is 1.00 bits per heavy atom. The second-order valence-corrected chi connectivity index (χ2v) is 12.1. The summed E-state index contributed by atoms with van der Waals surface area (Å²) in [4.78, 5) is 28.1. The van der Waals surface area contributed by atoms with Crippen LogP contribution in [-0.2, 0) is 24.3 Å². The Labute approximate surface area is 240 Å². The van der Waals surface area contributed by atoms with Crippen LogP contribution < -0.4 is 10.6 Å². The number of fused-ring (bicyclic) bond motifs is 1. The highest BCUT2D eigenvalue weighted by atomic mass is 16.2. The Morgan fingerprint density at radius 2 is 1.83 bits per heavy atom. The molecule has 1 saturated carbocycles. The van der Waals surface area contributed by atoms with Crippen LogP contribution in [0.3, 0.4) is 0 Å². The van der Waals surface area contributed by atoms with E-state index in [2.05, 4.69) is 57.3 Å². The van der Waals surface area contributed by atoms with Gasteiger partial charge in [-0.15, -0.1) is 5.10 Å². The summed E-state index contributed by atoms with van der Waals surface area (Å²) < 4.78 is 1.75. The number of nitrogens with zero attached hydrogens (tertiary/aromatic N) is 4. The fourth-order valence-corrected chi connectivity index (χ4v) is 5.78. The summed E-state index contributed by atoms with van der Waals surface area (Å²) in [6.07, 6.45) is 5.11. The molecule has 8 nitrogen and oxygen atoms in total. The van der Waals surface area contributed by atoms with Gasteiger partial charge in [-0.25, -0.2) is 9.48 Å². The third kappa shape index (κ3) is 5.87. The summed E-state index contributed by atoms with van der Waals surface area (Å²) in [5, 5.41) is 14.4. The molecule has 3 amide bonds. The lowest BCUT2D eigenvalue weighted by Gasteiger charge is -2.34. The Bertz CT molecular complexity index is 1560. The molecule has 0 radical (unpaired) electrons. The lowest BCUT2D eigenvalue weighted by Crippen LogP contribution is -2.50. The van der Waals surface area contributed by atoms with Crippen LogP contribution in [0.1, 0.15) is 55.4 Å². The maximum Gasteiger partial charge on any atom is 0.318 e. The van der Waals surface area contributed by atoms with Gasteiger partial charge in [0.05, 0.1) is 18.1 Å². The molecule has 0 spiro atoms. The van der Waals surface area contributed by atoms with Crippen molar-refractivity contribution in [3.8, 4) is 16.8 Å². The minimum atomic E-state index is -0.322. The first-order chi connectivity index (χ1) is 19.8. The van der Waals surface area contributed by atoms with Gasteiger partial charge in [0, 0.05) is 31.1 Å². The van der Waals surface area contributed by atoms with E-state index in [9.17, 15) is 9.59 Å². The fraction of sp³-hybridized carbons (Fsp3) is 0.333. The molecule has 1 aliphatic heterocycles. The molecule has 210 valence electrons. The first kappa shape index (κ1) is 26.7. The SMILES string of the molecule is CC(C)(C)NC(=O)N1CCc2c(-c3cccc(-n4ccnn4)c3)ccc(CNC(=O)C3C[C@H]3c3ccccc3)c2C1.